The summed E-state index contributed by atoms with van der Waals surface area (Å²) in [4.78, 5) is 0. The molecule has 1 aliphatic carbocycles. The van der Waals surface area contributed by atoms with Crippen molar-refractivity contribution in [1.82, 2.24) is 10.5 Å². The van der Waals surface area contributed by atoms with Crippen LogP contribution in [0.1, 0.15) is 31.2 Å². The number of nitrogens with two attached hydrogens (primary N) is 1. The Morgan fingerprint density at radius 3 is 2.93 bits per heavy atom. The Labute approximate surface area is 90.2 Å². The predicted molar refractivity (Wildman–Crippen MR) is 58.3 cm³/mol. The summed E-state index contributed by atoms with van der Waals surface area (Å²) in [6, 6.07) is 1.94. The standard InChI is InChI=1S/C11H19N3O/c1-8-5-10(14-15-8)6-13-7-11(2,12)9-3-4-9/h5,9,13H,3-4,6-7,12H2,1-2H3. The number of aryl methyl sites for hydroxylation is 1. The van der Waals surface area contributed by atoms with Gasteiger partial charge in [0.25, 0.3) is 0 Å². The highest BCUT2D eigenvalue weighted by Crippen LogP contribution is 2.37. The normalized spacial score (nSPS) is 20.2. The van der Waals surface area contributed by atoms with Gasteiger partial charge in [0.1, 0.15) is 5.76 Å². The minimum absolute atomic E-state index is 0.0707. The summed E-state index contributed by atoms with van der Waals surface area (Å²) in [5, 5.41) is 7.25. The van der Waals surface area contributed by atoms with Gasteiger partial charge < -0.3 is 15.6 Å². The van der Waals surface area contributed by atoms with E-state index in [2.05, 4.69) is 17.4 Å². The number of nitrogens with zero attached hydrogens (tertiary/aromatic N) is 1. The Balaban J connectivity index is 1.74. The number of hydrogen-bond donors (Lipinski definition) is 2. The number of rotatable bonds is 5. The minimum atomic E-state index is -0.0707. The van der Waals surface area contributed by atoms with Crippen molar-refractivity contribution in [3.63, 3.8) is 0 Å². The molecule has 0 aromatic carbocycles. The van der Waals surface area contributed by atoms with Crippen LogP contribution in [-0.2, 0) is 6.54 Å². The molecule has 4 nitrogen and oxygen atoms in total. The van der Waals surface area contributed by atoms with Gasteiger partial charge in [-0.15, -0.1) is 0 Å². The third-order valence-corrected chi connectivity index (χ3v) is 3.00. The number of hydrogen-bond acceptors (Lipinski definition) is 4. The topological polar surface area (TPSA) is 64.1 Å². The largest absolute Gasteiger partial charge is 0.361 e. The molecular weight excluding hydrogens is 190 g/mol. The molecule has 0 amide bonds. The number of aromatic nitrogens is 1. The van der Waals surface area contributed by atoms with Crippen molar-refractivity contribution >= 4 is 0 Å². The van der Waals surface area contributed by atoms with E-state index in [1.165, 1.54) is 12.8 Å². The van der Waals surface area contributed by atoms with E-state index in [9.17, 15) is 0 Å². The lowest BCUT2D eigenvalue weighted by molar-refractivity contribution is 0.367. The maximum absolute atomic E-state index is 6.19. The van der Waals surface area contributed by atoms with Gasteiger partial charge in [0, 0.05) is 24.7 Å². The van der Waals surface area contributed by atoms with Gasteiger partial charge in [-0.05, 0) is 32.6 Å². The molecule has 0 radical (unpaired) electrons. The predicted octanol–water partition coefficient (Wildman–Crippen LogP) is 1.20. The fourth-order valence-corrected chi connectivity index (χ4v) is 1.85. The lowest BCUT2D eigenvalue weighted by Gasteiger charge is -2.24. The molecule has 1 aromatic rings. The van der Waals surface area contributed by atoms with Crippen LogP contribution < -0.4 is 11.1 Å². The van der Waals surface area contributed by atoms with Crippen LogP contribution in [0.5, 0.6) is 0 Å². The Bertz CT molecular complexity index is 328. The van der Waals surface area contributed by atoms with E-state index >= 15 is 0 Å². The second kappa shape index (κ2) is 3.94. The van der Waals surface area contributed by atoms with Crippen LogP contribution in [0.25, 0.3) is 0 Å². The highest BCUT2D eigenvalue weighted by atomic mass is 16.5. The SMILES string of the molecule is Cc1cc(CNCC(C)(N)C2CC2)no1. The van der Waals surface area contributed by atoms with E-state index in [1.54, 1.807) is 0 Å². The molecule has 1 saturated carbocycles. The van der Waals surface area contributed by atoms with Crippen LogP contribution in [0.3, 0.4) is 0 Å². The van der Waals surface area contributed by atoms with Crippen molar-refractivity contribution < 1.29 is 4.52 Å². The van der Waals surface area contributed by atoms with Crippen molar-refractivity contribution in [2.75, 3.05) is 6.54 Å². The van der Waals surface area contributed by atoms with E-state index in [0.717, 1.165) is 24.5 Å². The monoisotopic (exact) mass is 209 g/mol. The van der Waals surface area contributed by atoms with E-state index < -0.39 is 0 Å². The zero-order valence-corrected chi connectivity index (χ0v) is 9.42. The molecular formula is C11H19N3O. The van der Waals surface area contributed by atoms with E-state index in [-0.39, 0.29) is 5.54 Å². The molecule has 1 aliphatic rings. The summed E-state index contributed by atoms with van der Waals surface area (Å²) in [6.07, 6.45) is 2.55. The van der Waals surface area contributed by atoms with E-state index in [4.69, 9.17) is 10.3 Å². The average molecular weight is 209 g/mol. The lowest BCUT2D eigenvalue weighted by Crippen LogP contribution is -2.47. The molecule has 1 atom stereocenters. The molecule has 0 aliphatic heterocycles. The smallest absolute Gasteiger partial charge is 0.133 e. The van der Waals surface area contributed by atoms with Gasteiger partial charge in [-0.25, -0.2) is 0 Å². The van der Waals surface area contributed by atoms with Crippen LogP contribution in [0.15, 0.2) is 10.6 Å². The first kappa shape index (κ1) is 10.6. The highest BCUT2D eigenvalue weighted by molar-refractivity contribution is 5.03. The van der Waals surface area contributed by atoms with Gasteiger partial charge in [-0.2, -0.15) is 0 Å². The van der Waals surface area contributed by atoms with Gasteiger partial charge in [-0.3, -0.25) is 0 Å². The Hall–Kier alpha value is -0.870. The van der Waals surface area contributed by atoms with E-state index in [0.29, 0.717) is 5.92 Å². The maximum atomic E-state index is 6.19. The second-order valence-corrected chi connectivity index (χ2v) is 4.81. The summed E-state index contributed by atoms with van der Waals surface area (Å²) >= 11 is 0. The summed E-state index contributed by atoms with van der Waals surface area (Å²) in [7, 11) is 0. The van der Waals surface area contributed by atoms with Crippen LogP contribution in [0.4, 0.5) is 0 Å². The molecule has 0 bridgehead atoms. The zero-order valence-electron chi connectivity index (χ0n) is 9.42. The van der Waals surface area contributed by atoms with Gasteiger partial charge in [0.2, 0.25) is 0 Å². The van der Waals surface area contributed by atoms with Gasteiger partial charge >= 0.3 is 0 Å². The fourth-order valence-electron chi connectivity index (χ4n) is 1.85. The molecule has 0 saturated heterocycles. The first-order chi connectivity index (χ1) is 7.08. The third-order valence-electron chi connectivity index (χ3n) is 3.00. The van der Waals surface area contributed by atoms with Crippen LogP contribution in [0.2, 0.25) is 0 Å². The maximum Gasteiger partial charge on any atom is 0.133 e. The van der Waals surface area contributed by atoms with Gasteiger partial charge in [-0.1, -0.05) is 5.16 Å². The molecule has 1 unspecified atom stereocenters. The Morgan fingerprint density at radius 1 is 1.67 bits per heavy atom. The first-order valence-corrected chi connectivity index (χ1v) is 5.50. The van der Waals surface area contributed by atoms with Crippen molar-refractivity contribution in [2.45, 2.75) is 38.8 Å². The van der Waals surface area contributed by atoms with Crippen LogP contribution in [0, 0.1) is 12.8 Å². The van der Waals surface area contributed by atoms with Gasteiger partial charge in [0.15, 0.2) is 0 Å². The zero-order chi connectivity index (χ0) is 10.9. The second-order valence-electron chi connectivity index (χ2n) is 4.81. The molecule has 1 fully saturated rings. The van der Waals surface area contributed by atoms with Crippen molar-refractivity contribution in [1.29, 1.82) is 0 Å². The summed E-state index contributed by atoms with van der Waals surface area (Å²) in [5.41, 5.74) is 7.06. The van der Waals surface area contributed by atoms with E-state index in [1.807, 2.05) is 13.0 Å². The summed E-state index contributed by atoms with van der Waals surface area (Å²) < 4.78 is 4.99. The highest BCUT2D eigenvalue weighted by Gasteiger charge is 2.37. The molecule has 3 N–H and O–H groups in total. The van der Waals surface area contributed by atoms with Crippen LogP contribution >= 0.6 is 0 Å². The Kier molecular flexibility index (Phi) is 2.80. The Morgan fingerprint density at radius 2 is 2.40 bits per heavy atom. The first-order valence-electron chi connectivity index (χ1n) is 5.50. The molecule has 2 rings (SSSR count). The third kappa shape index (κ3) is 2.79. The van der Waals surface area contributed by atoms with Crippen LogP contribution in [-0.4, -0.2) is 17.2 Å². The minimum Gasteiger partial charge on any atom is -0.361 e. The quantitative estimate of drug-likeness (QED) is 0.765. The lowest BCUT2D eigenvalue weighted by atomic mass is 9.97. The molecule has 4 heteroatoms. The average Bonchev–Trinajstić information content (AvgIpc) is 2.92. The molecule has 0 spiro atoms. The molecule has 15 heavy (non-hydrogen) atoms. The van der Waals surface area contributed by atoms with Crippen molar-refractivity contribution in [3.05, 3.63) is 17.5 Å². The fraction of sp³-hybridized carbons (Fsp3) is 0.727. The number of nitrogens with one attached hydrogen (secondary N) is 1. The van der Waals surface area contributed by atoms with Crippen molar-refractivity contribution in [3.8, 4) is 0 Å². The summed E-state index contributed by atoms with van der Waals surface area (Å²) in [6.45, 7) is 5.58. The molecule has 84 valence electrons. The molecule has 1 aromatic heterocycles. The van der Waals surface area contributed by atoms with Gasteiger partial charge in [0.05, 0.1) is 5.69 Å². The van der Waals surface area contributed by atoms with Crippen molar-refractivity contribution in [2.24, 2.45) is 11.7 Å². The summed E-state index contributed by atoms with van der Waals surface area (Å²) in [5.74, 6) is 1.55. The molecule has 1 heterocycles.